The van der Waals surface area contributed by atoms with Crippen molar-refractivity contribution < 1.29 is 23.8 Å². The molecule has 7 nitrogen and oxygen atoms in total. The van der Waals surface area contributed by atoms with E-state index in [0.717, 1.165) is 22.1 Å². The number of benzene rings is 3. The highest BCUT2D eigenvalue weighted by Crippen LogP contribution is 2.29. The Hall–Kier alpha value is -4.39. The third-order valence-corrected chi connectivity index (χ3v) is 5.07. The van der Waals surface area contributed by atoms with Crippen molar-refractivity contribution in [1.29, 1.82) is 0 Å². The molecule has 0 saturated heterocycles. The zero-order valence-electron chi connectivity index (χ0n) is 17.5. The number of nitrogens with one attached hydrogen (secondary N) is 1. The Morgan fingerprint density at radius 1 is 0.939 bits per heavy atom. The second-order valence-corrected chi connectivity index (χ2v) is 7.42. The van der Waals surface area contributed by atoms with Crippen LogP contribution in [0.15, 0.2) is 94.1 Å². The van der Waals surface area contributed by atoms with Crippen LogP contribution in [0, 0.1) is 0 Å². The first-order valence-corrected chi connectivity index (χ1v) is 10.3. The van der Waals surface area contributed by atoms with Gasteiger partial charge in [-0.2, -0.15) is 0 Å². The Morgan fingerprint density at radius 2 is 1.64 bits per heavy atom. The fourth-order valence-electron chi connectivity index (χ4n) is 3.52. The van der Waals surface area contributed by atoms with E-state index in [4.69, 9.17) is 9.15 Å². The SMILES string of the molecule is O=C(COc1ccc2c(-c3ccccc3)cc(=O)oc2c1)NC(Cc1ccccc1)C(=O)[O-]. The molecule has 1 N–H and O–H groups in total. The Bertz CT molecular complexity index is 1330. The molecule has 0 aliphatic carbocycles. The maximum absolute atomic E-state index is 12.3. The summed E-state index contributed by atoms with van der Waals surface area (Å²) < 4.78 is 10.8. The maximum Gasteiger partial charge on any atom is 0.336 e. The predicted molar refractivity (Wildman–Crippen MR) is 120 cm³/mol. The topological polar surface area (TPSA) is 109 Å². The molecule has 1 aromatic heterocycles. The maximum atomic E-state index is 12.3. The monoisotopic (exact) mass is 442 g/mol. The molecule has 1 amide bonds. The number of carbonyl (C=O) groups is 2. The van der Waals surface area contributed by atoms with Crippen LogP contribution in [0.25, 0.3) is 22.1 Å². The standard InChI is InChI=1S/C26H21NO6/c28-24(27-22(26(30)31)13-17-7-3-1-4-8-17)16-32-19-11-12-20-21(18-9-5-2-6-10-18)15-25(29)33-23(20)14-19/h1-12,14-15,22H,13,16H2,(H,27,28)(H,30,31)/p-1. The smallest absolute Gasteiger partial charge is 0.336 e. The predicted octanol–water partition coefficient (Wildman–Crippen LogP) is 2.32. The lowest BCUT2D eigenvalue weighted by Gasteiger charge is -2.20. The van der Waals surface area contributed by atoms with Crippen molar-refractivity contribution in [2.75, 3.05) is 6.61 Å². The van der Waals surface area contributed by atoms with Gasteiger partial charge in [-0.3, -0.25) is 4.79 Å². The Labute approximate surface area is 189 Å². The van der Waals surface area contributed by atoms with Crippen LogP contribution < -0.4 is 20.8 Å². The number of ether oxygens (including phenoxy) is 1. The largest absolute Gasteiger partial charge is 0.548 e. The van der Waals surface area contributed by atoms with E-state index >= 15 is 0 Å². The van der Waals surface area contributed by atoms with Crippen molar-refractivity contribution in [2.24, 2.45) is 0 Å². The fraction of sp³-hybridized carbons (Fsp3) is 0.115. The lowest BCUT2D eigenvalue weighted by molar-refractivity contribution is -0.308. The quantitative estimate of drug-likeness (QED) is 0.420. The molecule has 0 radical (unpaired) electrons. The van der Waals surface area contributed by atoms with Crippen LogP contribution in [-0.2, 0) is 16.0 Å². The molecule has 0 fully saturated rings. The van der Waals surface area contributed by atoms with Crippen molar-refractivity contribution in [3.63, 3.8) is 0 Å². The Kier molecular flexibility index (Phi) is 6.50. The van der Waals surface area contributed by atoms with E-state index in [1.165, 1.54) is 12.1 Å². The van der Waals surface area contributed by atoms with E-state index in [1.54, 1.807) is 36.4 Å². The van der Waals surface area contributed by atoms with Gasteiger partial charge in [0.15, 0.2) is 6.61 Å². The number of hydrogen-bond donors (Lipinski definition) is 1. The van der Waals surface area contributed by atoms with Gasteiger partial charge in [0.1, 0.15) is 11.3 Å². The van der Waals surface area contributed by atoms with Crippen LogP contribution in [0.5, 0.6) is 5.75 Å². The molecule has 166 valence electrons. The van der Waals surface area contributed by atoms with Gasteiger partial charge < -0.3 is 24.4 Å². The van der Waals surface area contributed by atoms with Gasteiger partial charge in [0.05, 0.1) is 12.0 Å². The molecule has 3 aromatic carbocycles. The number of amides is 1. The molecule has 7 heteroatoms. The molecular weight excluding hydrogens is 422 g/mol. The molecule has 1 unspecified atom stereocenters. The van der Waals surface area contributed by atoms with Gasteiger partial charge in [0.2, 0.25) is 0 Å². The molecule has 4 rings (SSSR count). The molecular formula is C26H20NO6-. The number of fused-ring (bicyclic) bond motifs is 1. The number of carboxylic acid groups (broad SMARTS) is 1. The van der Waals surface area contributed by atoms with Crippen LogP contribution in [0.1, 0.15) is 5.56 Å². The minimum absolute atomic E-state index is 0.0955. The molecule has 1 heterocycles. The molecule has 0 spiro atoms. The van der Waals surface area contributed by atoms with Gasteiger partial charge in [0, 0.05) is 17.5 Å². The highest BCUT2D eigenvalue weighted by atomic mass is 16.5. The molecule has 4 aromatic rings. The zero-order chi connectivity index (χ0) is 23.2. The molecule has 0 saturated carbocycles. The zero-order valence-corrected chi connectivity index (χ0v) is 17.5. The van der Waals surface area contributed by atoms with Crippen LogP contribution in [0.3, 0.4) is 0 Å². The van der Waals surface area contributed by atoms with Gasteiger partial charge in [-0.15, -0.1) is 0 Å². The van der Waals surface area contributed by atoms with E-state index in [9.17, 15) is 19.5 Å². The second kappa shape index (κ2) is 9.82. The van der Waals surface area contributed by atoms with Crippen LogP contribution in [0.4, 0.5) is 0 Å². The summed E-state index contributed by atoms with van der Waals surface area (Å²) in [5.41, 5.74) is 2.16. The fourth-order valence-corrected chi connectivity index (χ4v) is 3.52. The molecule has 0 bridgehead atoms. The number of aliphatic carboxylic acids is 1. The molecule has 0 aliphatic rings. The minimum Gasteiger partial charge on any atom is -0.548 e. The first-order valence-electron chi connectivity index (χ1n) is 10.3. The Balaban J connectivity index is 1.46. The van der Waals surface area contributed by atoms with Crippen molar-refractivity contribution in [3.05, 3.63) is 101 Å². The van der Waals surface area contributed by atoms with Gasteiger partial charge in [-0.25, -0.2) is 4.79 Å². The first-order chi connectivity index (χ1) is 16.0. The van der Waals surface area contributed by atoms with Gasteiger partial charge in [-0.1, -0.05) is 60.7 Å². The third kappa shape index (κ3) is 5.46. The van der Waals surface area contributed by atoms with Crippen molar-refractivity contribution in [3.8, 4) is 16.9 Å². The van der Waals surface area contributed by atoms with E-state index in [2.05, 4.69) is 5.32 Å². The van der Waals surface area contributed by atoms with Gasteiger partial charge >= 0.3 is 5.63 Å². The summed E-state index contributed by atoms with van der Waals surface area (Å²) in [4.78, 5) is 35.8. The van der Waals surface area contributed by atoms with Crippen LogP contribution in [-0.4, -0.2) is 24.5 Å². The summed E-state index contributed by atoms with van der Waals surface area (Å²) in [6, 6.07) is 23.5. The van der Waals surface area contributed by atoms with Crippen molar-refractivity contribution in [1.82, 2.24) is 5.32 Å². The molecule has 0 aliphatic heterocycles. The lowest BCUT2D eigenvalue weighted by Crippen LogP contribution is -2.50. The highest BCUT2D eigenvalue weighted by Gasteiger charge is 2.15. The second-order valence-electron chi connectivity index (χ2n) is 7.42. The summed E-state index contributed by atoms with van der Waals surface area (Å²) in [5, 5.41) is 14.6. The van der Waals surface area contributed by atoms with Crippen LogP contribution >= 0.6 is 0 Å². The average molecular weight is 442 g/mol. The van der Waals surface area contributed by atoms with Gasteiger partial charge in [-0.05, 0) is 35.2 Å². The van der Waals surface area contributed by atoms with E-state index in [-0.39, 0.29) is 6.42 Å². The highest BCUT2D eigenvalue weighted by molar-refractivity contribution is 5.93. The van der Waals surface area contributed by atoms with E-state index < -0.39 is 30.2 Å². The summed E-state index contributed by atoms with van der Waals surface area (Å²) in [5.74, 6) is -1.69. The number of hydrogen-bond acceptors (Lipinski definition) is 6. The van der Waals surface area contributed by atoms with Crippen LogP contribution in [0.2, 0.25) is 0 Å². The van der Waals surface area contributed by atoms with Gasteiger partial charge in [0.25, 0.3) is 5.91 Å². The van der Waals surface area contributed by atoms with Crippen molar-refractivity contribution in [2.45, 2.75) is 12.5 Å². The summed E-state index contributed by atoms with van der Waals surface area (Å²) in [6.45, 7) is -0.410. The first kappa shape index (κ1) is 21.8. The number of carboxylic acids is 1. The molecule has 33 heavy (non-hydrogen) atoms. The normalized spacial score (nSPS) is 11.6. The number of rotatable bonds is 8. The summed E-state index contributed by atoms with van der Waals surface area (Å²) in [6.07, 6.45) is 0.0955. The summed E-state index contributed by atoms with van der Waals surface area (Å²) in [7, 11) is 0. The van der Waals surface area contributed by atoms with E-state index in [1.807, 2.05) is 36.4 Å². The van der Waals surface area contributed by atoms with Crippen molar-refractivity contribution >= 4 is 22.8 Å². The molecule has 1 atom stereocenters. The third-order valence-electron chi connectivity index (χ3n) is 5.07. The number of carbonyl (C=O) groups excluding carboxylic acids is 2. The lowest BCUT2D eigenvalue weighted by atomic mass is 10.0. The average Bonchev–Trinajstić information content (AvgIpc) is 2.82. The van der Waals surface area contributed by atoms with E-state index in [0.29, 0.717) is 11.3 Å². The minimum atomic E-state index is -1.38. The summed E-state index contributed by atoms with van der Waals surface area (Å²) >= 11 is 0. The Morgan fingerprint density at radius 3 is 2.33 bits per heavy atom.